The maximum Gasteiger partial charge on any atom is 0.273 e. The second kappa shape index (κ2) is 5.17. The van der Waals surface area contributed by atoms with E-state index < -0.39 is 0 Å². The Morgan fingerprint density at radius 1 is 1.22 bits per heavy atom. The van der Waals surface area contributed by atoms with E-state index in [0.717, 1.165) is 27.4 Å². The molecule has 0 saturated heterocycles. The molecule has 0 saturated carbocycles. The zero-order chi connectivity index (χ0) is 16.0. The van der Waals surface area contributed by atoms with Gasteiger partial charge in [-0.2, -0.15) is 0 Å². The smallest absolute Gasteiger partial charge is 0.273 e. The van der Waals surface area contributed by atoms with Crippen LogP contribution in [0, 0.1) is 13.8 Å². The number of aromatic nitrogens is 4. The van der Waals surface area contributed by atoms with Gasteiger partial charge in [0.1, 0.15) is 0 Å². The lowest BCUT2D eigenvalue weighted by molar-refractivity contribution is 0.904. The monoisotopic (exact) mass is 322 g/mol. The molecular weight excluding hydrogens is 308 g/mol. The molecule has 4 heterocycles. The molecule has 5 nitrogen and oxygen atoms in total. The van der Waals surface area contributed by atoms with Crippen LogP contribution in [0.1, 0.15) is 11.1 Å². The molecule has 4 rings (SSSR count). The van der Waals surface area contributed by atoms with E-state index in [1.807, 2.05) is 43.5 Å². The highest BCUT2D eigenvalue weighted by Crippen LogP contribution is 2.28. The number of fused-ring (bicyclic) bond motifs is 1. The molecule has 0 aliphatic carbocycles. The molecule has 0 aliphatic heterocycles. The molecular formula is C17H14N4OS. The number of thiophene rings is 1. The Labute approximate surface area is 136 Å². The summed E-state index contributed by atoms with van der Waals surface area (Å²) in [5, 5.41) is 5.17. The third kappa shape index (κ3) is 2.19. The van der Waals surface area contributed by atoms with Crippen molar-refractivity contribution < 1.29 is 0 Å². The molecule has 1 N–H and O–H groups in total. The summed E-state index contributed by atoms with van der Waals surface area (Å²) in [6, 6.07) is 9.38. The Hall–Kier alpha value is -2.73. The van der Waals surface area contributed by atoms with Crippen molar-refractivity contribution in [2.45, 2.75) is 13.8 Å². The van der Waals surface area contributed by atoms with Crippen LogP contribution in [0.25, 0.3) is 27.6 Å². The number of H-pyrrole nitrogens is 1. The van der Waals surface area contributed by atoms with Crippen LogP contribution in [-0.2, 0) is 0 Å². The molecule has 0 spiro atoms. The van der Waals surface area contributed by atoms with Crippen LogP contribution in [0.15, 0.2) is 46.7 Å². The Balaban J connectivity index is 2.00. The van der Waals surface area contributed by atoms with Gasteiger partial charge >= 0.3 is 0 Å². The van der Waals surface area contributed by atoms with Crippen molar-refractivity contribution in [3.63, 3.8) is 0 Å². The third-order valence-corrected chi connectivity index (χ3v) is 4.76. The van der Waals surface area contributed by atoms with E-state index in [9.17, 15) is 4.79 Å². The Bertz CT molecular complexity index is 1060. The largest absolute Gasteiger partial charge is 0.288 e. The Morgan fingerprint density at radius 2 is 2.09 bits per heavy atom. The van der Waals surface area contributed by atoms with Crippen molar-refractivity contribution in [1.82, 2.24) is 19.6 Å². The van der Waals surface area contributed by atoms with Gasteiger partial charge in [0.15, 0.2) is 5.65 Å². The number of hydrogen-bond donors (Lipinski definition) is 1. The summed E-state index contributed by atoms with van der Waals surface area (Å²) in [5.74, 6) is 0. The van der Waals surface area contributed by atoms with Crippen molar-refractivity contribution in [3.05, 3.63) is 63.4 Å². The van der Waals surface area contributed by atoms with Crippen LogP contribution >= 0.6 is 11.3 Å². The lowest BCUT2D eigenvalue weighted by atomic mass is 10.1. The van der Waals surface area contributed by atoms with Gasteiger partial charge in [-0.3, -0.25) is 14.9 Å². The maximum atomic E-state index is 12.5. The summed E-state index contributed by atoms with van der Waals surface area (Å²) in [6.07, 6.45) is 1.72. The fourth-order valence-corrected chi connectivity index (χ4v) is 3.46. The van der Waals surface area contributed by atoms with Crippen LogP contribution in [0.2, 0.25) is 0 Å². The number of nitrogens with one attached hydrogen (secondary N) is 1. The zero-order valence-electron chi connectivity index (χ0n) is 12.7. The fraction of sp³-hybridized carbons (Fsp3) is 0.118. The van der Waals surface area contributed by atoms with E-state index in [0.29, 0.717) is 11.3 Å². The Morgan fingerprint density at radius 3 is 2.83 bits per heavy atom. The van der Waals surface area contributed by atoms with Gasteiger partial charge in [0, 0.05) is 17.8 Å². The lowest BCUT2D eigenvalue weighted by Gasteiger charge is -2.03. The first-order chi connectivity index (χ1) is 11.1. The molecule has 0 radical (unpaired) electrons. The molecule has 0 bridgehead atoms. The van der Waals surface area contributed by atoms with E-state index in [2.05, 4.69) is 15.1 Å². The first-order valence-electron chi connectivity index (χ1n) is 7.23. The third-order valence-electron chi connectivity index (χ3n) is 3.87. The number of pyridine rings is 1. The molecule has 0 aromatic carbocycles. The number of hydrogen-bond acceptors (Lipinski definition) is 4. The normalized spacial score (nSPS) is 11.2. The number of nitrogens with zero attached hydrogens (tertiary/aromatic N) is 3. The minimum atomic E-state index is -0.138. The summed E-state index contributed by atoms with van der Waals surface area (Å²) >= 11 is 1.63. The summed E-state index contributed by atoms with van der Waals surface area (Å²) in [5.41, 5.74) is 4.73. The number of rotatable bonds is 2. The lowest BCUT2D eigenvalue weighted by Crippen LogP contribution is -2.14. The molecule has 0 fully saturated rings. The predicted octanol–water partition coefficient (Wildman–Crippen LogP) is 3.43. The van der Waals surface area contributed by atoms with Crippen molar-refractivity contribution in [1.29, 1.82) is 0 Å². The highest BCUT2D eigenvalue weighted by molar-refractivity contribution is 7.13. The molecule has 6 heteroatoms. The standard InChI is InChI=1S/C17H14N4OS/c1-10-5-3-7-18-15(10)12-9-14(22)21-17(19-12)11(2)16(20-21)13-6-4-8-23-13/h3-9,20H,1-2H3. The van der Waals surface area contributed by atoms with Gasteiger partial charge in [-0.05, 0) is 36.9 Å². The van der Waals surface area contributed by atoms with Gasteiger partial charge in [-0.1, -0.05) is 12.1 Å². The quantitative estimate of drug-likeness (QED) is 0.615. The minimum absolute atomic E-state index is 0.138. The van der Waals surface area contributed by atoms with E-state index >= 15 is 0 Å². The zero-order valence-corrected chi connectivity index (χ0v) is 13.5. The Kier molecular flexibility index (Phi) is 3.12. The summed E-state index contributed by atoms with van der Waals surface area (Å²) in [6.45, 7) is 3.94. The van der Waals surface area contributed by atoms with Crippen molar-refractivity contribution in [2.24, 2.45) is 0 Å². The molecule has 4 aromatic heterocycles. The summed E-state index contributed by atoms with van der Waals surface area (Å²) in [7, 11) is 0. The van der Waals surface area contributed by atoms with Gasteiger partial charge in [0.25, 0.3) is 5.56 Å². The fourth-order valence-electron chi connectivity index (χ4n) is 2.69. The molecule has 114 valence electrons. The van der Waals surface area contributed by atoms with Crippen LogP contribution in [0.5, 0.6) is 0 Å². The molecule has 4 aromatic rings. The van der Waals surface area contributed by atoms with Gasteiger partial charge in [-0.15, -0.1) is 11.3 Å². The van der Waals surface area contributed by atoms with Crippen LogP contribution in [-0.4, -0.2) is 19.6 Å². The SMILES string of the molecule is Cc1cccnc1-c1cc(=O)n2[nH]c(-c3cccs3)c(C)c2n1. The van der Waals surface area contributed by atoms with E-state index in [1.54, 1.807) is 17.5 Å². The number of aryl methyl sites for hydroxylation is 2. The second-order valence-electron chi connectivity index (χ2n) is 5.40. The first kappa shape index (κ1) is 13.9. The second-order valence-corrected chi connectivity index (χ2v) is 6.34. The highest BCUT2D eigenvalue weighted by Gasteiger charge is 2.15. The predicted molar refractivity (Wildman–Crippen MR) is 91.8 cm³/mol. The van der Waals surface area contributed by atoms with Gasteiger partial charge in [0.2, 0.25) is 0 Å². The molecule has 0 aliphatic rings. The van der Waals surface area contributed by atoms with Gasteiger partial charge < -0.3 is 0 Å². The molecule has 0 amide bonds. The van der Waals surface area contributed by atoms with Crippen molar-refractivity contribution >= 4 is 17.0 Å². The topological polar surface area (TPSA) is 63.1 Å². The molecule has 23 heavy (non-hydrogen) atoms. The highest BCUT2D eigenvalue weighted by atomic mass is 32.1. The van der Waals surface area contributed by atoms with Gasteiger partial charge in [0.05, 0.1) is 22.0 Å². The van der Waals surface area contributed by atoms with Crippen molar-refractivity contribution in [3.8, 4) is 22.0 Å². The first-order valence-corrected chi connectivity index (χ1v) is 8.11. The van der Waals surface area contributed by atoms with E-state index in [4.69, 9.17) is 0 Å². The molecule has 0 atom stereocenters. The van der Waals surface area contributed by atoms with Crippen LogP contribution < -0.4 is 5.56 Å². The maximum absolute atomic E-state index is 12.5. The minimum Gasteiger partial charge on any atom is -0.288 e. The van der Waals surface area contributed by atoms with E-state index in [-0.39, 0.29) is 5.56 Å². The average molecular weight is 322 g/mol. The van der Waals surface area contributed by atoms with Crippen LogP contribution in [0.3, 0.4) is 0 Å². The van der Waals surface area contributed by atoms with Crippen molar-refractivity contribution in [2.75, 3.05) is 0 Å². The summed E-state index contributed by atoms with van der Waals surface area (Å²) in [4.78, 5) is 22.6. The summed E-state index contributed by atoms with van der Waals surface area (Å²) < 4.78 is 1.49. The average Bonchev–Trinajstić information content (AvgIpc) is 3.17. The van der Waals surface area contributed by atoms with E-state index in [1.165, 1.54) is 10.6 Å². The number of aromatic amines is 1. The van der Waals surface area contributed by atoms with Crippen LogP contribution in [0.4, 0.5) is 0 Å². The molecule has 0 unspecified atom stereocenters. The van der Waals surface area contributed by atoms with Gasteiger partial charge in [-0.25, -0.2) is 9.50 Å².